The number of rotatable bonds is 9. The van der Waals surface area contributed by atoms with Gasteiger partial charge in [-0.15, -0.1) is 5.10 Å². The standard InChI is InChI=1S/C29H23N3O9/c33-26(34)21-16-30-31-32(21)25-24(41-29(37)20-14-8-3-9-15-20)23(40-28(36)19-12-6-2-7-13-19)22(39-25)17-38-27(35)18-10-4-1-5-11-18/h1-16,22-25H,17H2,(H,33,34)/t22-,23-,24-,25-/m1/s1. The van der Waals surface area contributed by atoms with Gasteiger partial charge in [0.1, 0.15) is 12.7 Å². The third kappa shape index (κ3) is 6.12. The Bertz CT molecular complexity index is 1530. The fourth-order valence-corrected chi connectivity index (χ4v) is 4.24. The van der Waals surface area contributed by atoms with Crippen molar-refractivity contribution in [2.45, 2.75) is 24.5 Å². The summed E-state index contributed by atoms with van der Waals surface area (Å²) < 4.78 is 24.0. The topological polar surface area (TPSA) is 156 Å². The van der Waals surface area contributed by atoms with Crippen LogP contribution in [-0.4, -0.2) is 68.9 Å². The molecule has 1 aliphatic heterocycles. The highest BCUT2D eigenvalue weighted by molar-refractivity contribution is 5.91. The Labute approximate surface area is 233 Å². The van der Waals surface area contributed by atoms with E-state index >= 15 is 0 Å². The number of carbonyl (C=O) groups excluding carboxylic acids is 3. The summed E-state index contributed by atoms with van der Waals surface area (Å²) in [6, 6.07) is 24.3. The molecular formula is C29H23N3O9. The molecule has 3 aromatic carbocycles. The Morgan fingerprint density at radius 1 is 0.732 bits per heavy atom. The molecule has 4 atom stereocenters. The molecule has 0 saturated carbocycles. The van der Waals surface area contributed by atoms with Crippen LogP contribution in [-0.2, 0) is 18.9 Å². The zero-order valence-corrected chi connectivity index (χ0v) is 21.3. The van der Waals surface area contributed by atoms with Crippen LogP contribution in [0.4, 0.5) is 0 Å². The lowest BCUT2D eigenvalue weighted by atomic mass is 10.1. The van der Waals surface area contributed by atoms with Crippen molar-refractivity contribution in [2.24, 2.45) is 0 Å². The summed E-state index contributed by atoms with van der Waals surface area (Å²) in [6.07, 6.45) is -4.33. The summed E-state index contributed by atoms with van der Waals surface area (Å²) in [7, 11) is 0. The maximum Gasteiger partial charge on any atom is 0.355 e. The molecule has 208 valence electrons. The largest absolute Gasteiger partial charge is 0.476 e. The first-order chi connectivity index (χ1) is 19.9. The highest BCUT2D eigenvalue weighted by Crippen LogP contribution is 2.35. The van der Waals surface area contributed by atoms with Crippen LogP contribution in [0.25, 0.3) is 0 Å². The van der Waals surface area contributed by atoms with E-state index in [2.05, 4.69) is 10.3 Å². The van der Waals surface area contributed by atoms with Crippen molar-refractivity contribution in [3.63, 3.8) is 0 Å². The summed E-state index contributed by atoms with van der Waals surface area (Å²) in [6.45, 7) is -0.423. The minimum Gasteiger partial charge on any atom is -0.476 e. The molecule has 41 heavy (non-hydrogen) atoms. The second-order valence-electron chi connectivity index (χ2n) is 8.87. The number of aromatic nitrogens is 3. The highest BCUT2D eigenvalue weighted by atomic mass is 16.7. The van der Waals surface area contributed by atoms with Gasteiger partial charge in [0, 0.05) is 0 Å². The summed E-state index contributed by atoms with van der Waals surface area (Å²) in [5.41, 5.74) is 0.300. The van der Waals surface area contributed by atoms with Gasteiger partial charge in [-0.1, -0.05) is 59.8 Å². The number of hydrogen-bond donors (Lipinski definition) is 1. The van der Waals surface area contributed by atoms with E-state index in [9.17, 15) is 24.3 Å². The Hall–Kier alpha value is -5.36. The first-order valence-corrected chi connectivity index (χ1v) is 12.5. The zero-order valence-electron chi connectivity index (χ0n) is 21.3. The molecule has 0 spiro atoms. The average Bonchev–Trinajstić information content (AvgIpc) is 3.62. The van der Waals surface area contributed by atoms with Gasteiger partial charge in [-0.05, 0) is 36.4 Å². The van der Waals surface area contributed by atoms with Crippen molar-refractivity contribution in [1.29, 1.82) is 0 Å². The van der Waals surface area contributed by atoms with Gasteiger partial charge in [-0.25, -0.2) is 23.9 Å². The Balaban J connectivity index is 1.49. The SMILES string of the molecule is O=C(OC[C@H]1O[C@@H](n2nncc2C(=O)O)[C@H](OC(=O)c2ccccc2)[C@@H]1OC(=O)c1ccccc1)c1ccccc1. The number of carboxylic acid groups (broad SMARTS) is 1. The van der Waals surface area contributed by atoms with E-state index in [0.717, 1.165) is 10.9 Å². The molecule has 0 unspecified atom stereocenters. The molecule has 1 saturated heterocycles. The van der Waals surface area contributed by atoms with Crippen molar-refractivity contribution in [1.82, 2.24) is 15.0 Å². The molecular weight excluding hydrogens is 534 g/mol. The molecule has 0 bridgehead atoms. The van der Waals surface area contributed by atoms with Gasteiger partial charge in [0.05, 0.1) is 22.9 Å². The second-order valence-corrected chi connectivity index (χ2v) is 8.87. The lowest BCUT2D eigenvalue weighted by Gasteiger charge is -2.24. The summed E-state index contributed by atoms with van der Waals surface area (Å²) >= 11 is 0. The van der Waals surface area contributed by atoms with Crippen molar-refractivity contribution in [2.75, 3.05) is 6.61 Å². The monoisotopic (exact) mass is 557 g/mol. The van der Waals surface area contributed by atoms with Crippen LogP contribution in [0.5, 0.6) is 0 Å². The fourth-order valence-electron chi connectivity index (χ4n) is 4.24. The molecule has 4 aromatic rings. The number of esters is 3. The summed E-state index contributed by atoms with van der Waals surface area (Å²) in [5.74, 6) is -3.60. The molecule has 12 nitrogen and oxygen atoms in total. The number of hydrogen-bond acceptors (Lipinski definition) is 10. The van der Waals surface area contributed by atoms with Crippen LogP contribution >= 0.6 is 0 Å². The molecule has 1 N–H and O–H groups in total. The first kappa shape index (κ1) is 27.2. The van der Waals surface area contributed by atoms with Crippen LogP contribution in [0, 0.1) is 0 Å². The lowest BCUT2D eigenvalue weighted by molar-refractivity contribution is -0.0687. The van der Waals surface area contributed by atoms with Crippen LogP contribution in [0.3, 0.4) is 0 Å². The molecule has 0 aliphatic carbocycles. The van der Waals surface area contributed by atoms with Crippen LogP contribution < -0.4 is 0 Å². The Morgan fingerprint density at radius 2 is 1.22 bits per heavy atom. The van der Waals surface area contributed by atoms with Crippen molar-refractivity contribution in [3.8, 4) is 0 Å². The Kier molecular flexibility index (Phi) is 8.11. The van der Waals surface area contributed by atoms with Gasteiger partial charge in [0.2, 0.25) is 0 Å². The molecule has 12 heteroatoms. The summed E-state index contributed by atoms with van der Waals surface area (Å²) in [4.78, 5) is 50.8. The number of carbonyl (C=O) groups is 4. The predicted molar refractivity (Wildman–Crippen MR) is 139 cm³/mol. The van der Waals surface area contributed by atoms with Crippen LogP contribution in [0.15, 0.2) is 97.2 Å². The van der Waals surface area contributed by atoms with Crippen molar-refractivity contribution >= 4 is 23.9 Å². The van der Waals surface area contributed by atoms with Gasteiger partial charge in [0.25, 0.3) is 0 Å². The number of benzene rings is 3. The second kappa shape index (κ2) is 12.2. The number of aromatic carboxylic acids is 1. The van der Waals surface area contributed by atoms with Gasteiger partial charge in [-0.2, -0.15) is 0 Å². The minimum atomic E-state index is -1.41. The van der Waals surface area contributed by atoms with Crippen LogP contribution in [0.2, 0.25) is 0 Å². The smallest absolute Gasteiger partial charge is 0.355 e. The molecule has 0 amide bonds. The number of carboxylic acids is 1. The first-order valence-electron chi connectivity index (χ1n) is 12.5. The van der Waals surface area contributed by atoms with Gasteiger partial charge in [-0.3, -0.25) is 0 Å². The van der Waals surface area contributed by atoms with E-state index in [0.29, 0.717) is 0 Å². The molecule has 0 radical (unpaired) electrons. The molecule has 1 aliphatic rings. The third-order valence-corrected chi connectivity index (χ3v) is 6.21. The maximum absolute atomic E-state index is 13.1. The van der Waals surface area contributed by atoms with Gasteiger partial charge < -0.3 is 24.1 Å². The van der Waals surface area contributed by atoms with Gasteiger partial charge >= 0.3 is 23.9 Å². The third-order valence-electron chi connectivity index (χ3n) is 6.21. The van der Waals surface area contributed by atoms with Crippen LogP contribution in [0.1, 0.15) is 47.8 Å². The minimum absolute atomic E-state index is 0.190. The zero-order chi connectivity index (χ0) is 28.8. The normalized spacial score (nSPS) is 19.7. The maximum atomic E-state index is 13.1. The van der Waals surface area contributed by atoms with E-state index in [1.165, 1.54) is 24.3 Å². The van der Waals surface area contributed by atoms with E-state index in [4.69, 9.17) is 18.9 Å². The fraction of sp³-hybridized carbons (Fsp3) is 0.172. The number of nitrogens with zero attached hydrogens (tertiary/aromatic N) is 3. The highest BCUT2D eigenvalue weighted by Gasteiger charge is 2.52. The summed E-state index contributed by atoms with van der Waals surface area (Å²) in [5, 5.41) is 17.1. The van der Waals surface area contributed by atoms with Gasteiger partial charge in [0.15, 0.2) is 24.1 Å². The lowest BCUT2D eigenvalue weighted by Crippen LogP contribution is -2.41. The molecule has 1 fully saturated rings. The quantitative estimate of drug-likeness (QED) is 0.238. The van der Waals surface area contributed by atoms with E-state index < -0.39 is 55.0 Å². The molecule has 2 heterocycles. The molecule has 1 aromatic heterocycles. The number of ether oxygens (including phenoxy) is 4. The Morgan fingerprint density at radius 3 is 1.73 bits per heavy atom. The van der Waals surface area contributed by atoms with E-state index in [1.807, 2.05) is 0 Å². The predicted octanol–water partition coefficient (Wildman–Crippen LogP) is 3.18. The van der Waals surface area contributed by atoms with E-state index in [1.54, 1.807) is 66.7 Å². The van der Waals surface area contributed by atoms with E-state index in [-0.39, 0.29) is 22.4 Å². The molecule has 5 rings (SSSR count). The van der Waals surface area contributed by atoms with Crippen molar-refractivity contribution < 1.29 is 43.2 Å². The van der Waals surface area contributed by atoms with Crippen molar-refractivity contribution in [3.05, 3.63) is 120 Å². The average molecular weight is 558 g/mol.